The van der Waals surface area contributed by atoms with Crippen molar-refractivity contribution in [2.45, 2.75) is 69.6 Å². The summed E-state index contributed by atoms with van der Waals surface area (Å²) in [6.45, 7) is 4.37. The topological polar surface area (TPSA) is 21.7 Å². The SMILES string of the molecule is C1CCC(CO[C@@H]2CC[C@H]3[C@H]2OCCN3CC2CC2)C1. The molecular weight excluding hydrogens is 250 g/mol. The zero-order valence-electron chi connectivity index (χ0n) is 12.6. The Kier molecular flexibility index (Phi) is 4.02. The van der Waals surface area contributed by atoms with Crippen LogP contribution in [-0.4, -0.2) is 49.5 Å². The molecule has 4 fully saturated rings. The third-order valence-electron chi connectivity index (χ3n) is 5.86. The minimum atomic E-state index is 0.365. The minimum Gasteiger partial charge on any atom is -0.375 e. The van der Waals surface area contributed by atoms with Crippen LogP contribution in [0.1, 0.15) is 51.4 Å². The summed E-state index contributed by atoms with van der Waals surface area (Å²) >= 11 is 0. The van der Waals surface area contributed by atoms with E-state index >= 15 is 0 Å². The first-order valence-electron chi connectivity index (χ1n) is 8.87. The maximum absolute atomic E-state index is 6.27. The monoisotopic (exact) mass is 279 g/mol. The number of hydrogen-bond donors (Lipinski definition) is 0. The van der Waals surface area contributed by atoms with Gasteiger partial charge in [0, 0.05) is 25.7 Å². The van der Waals surface area contributed by atoms with Crippen LogP contribution in [0, 0.1) is 11.8 Å². The second kappa shape index (κ2) is 5.94. The van der Waals surface area contributed by atoms with Crippen LogP contribution >= 0.6 is 0 Å². The molecular formula is C17H29NO2. The second-order valence-corrected chi connectivity index (χ2v) is 7.44. The van der Waals surface area contributed by atoms with Crippen molar-refractivity contribution in [3.63, 3.8) is 0 Å². The molecule has 0 amide bonds. The van der Waals surface area contributed by atoms with Crippen molar-refractivity contribution in [1.82, 2.24) is 4.90 Å². The van der Waals surface area contributed by atoms with Crippen LogP contribution in [0.25, 0.3) is 0 Å². The van der Waals surface area contributed by atoms with Crippen LogP contribution in [0.15, 0.2) is 0 Å². The van der Waals surface area contributed by atoms with E-state index in [1.807, 2.05) is 0 Å². The minimum absolute atomic E-state index is 0.365. The molecule has 0 aromatic heterocycles. The first-order chi connectivity index (χ1) is 9.90. The number of morpholine rings is 1. The van der Waals surface area contributed by atoms with Crippen molar-refractivity contribution in [3.8, 4) is 0 Å². The summed E-state index contributed by atoms with van der Waals surface area (Å²) in [5.41, 5.74) is 0. The van der Waals surface area contributed by atoms with Crippen molar-refractivity contribution >= 4 is 0 Å². The van der Waals surface area contributed by atoms with Gasteiger partial charge >= 0.3 is 0 Å². The molecule has 0 bridgehead atoms. The van der Waals surface area contributed by atoms with Crippen molar-refractivity contribution in [2.24, 2.45) is 11.8 Å². The molecule has 0 radical (unpaired) electrons. The van der Waals surface area contributed by atoms with E-state index in [1.165, 1.54) is 57.9 Å². The predicted molar refractivity (Wildman–Crippen MR) is 78.8 cm³/mol. The molecule has 20 heavy (non-hydrogen) atoms. The molecule has 114 valence electrons. The average molecular weight is 279 g/mol. The van der Waals surface area contributed by atoms with Gasteiger partial charge in [0.15, 0.2) is 0 Å². The third kappa shape index (κ3) is 2.90. The first kappa shape index (κ1) is 13.5. The maximum atomic E-state index is 6.27. The standard InChI is InChI=1S/C17H29NO2/c1-2-4-14(3-1)12-20-16-8-7-15-17(16)19-10-9-18(15)11-13-5-6-13/h13-17H,1-12H2/t15-,16+,17+/m0/s1. The Labute approximate surface area is 123 Å². The molecule has 3 heteroatoms. The van der Waals surface area contributed by atoms with Crippen molar-refractivity contribution in [2.75, 3.05) is 26.3 Å². The predicted octanol–water partition coefficient (Wildman–Crippen LogP) is 2.84. The van der Waals surface area contributed by atoms with Crippen LogP contribution in [0.4, 0.5) is 0 Å². The Balaban J connectivity index is 1.30. The van der Waals surface area contributed by atoms with E-state index < -0.39 is 0 Å². The summed E-state index contributed by atoms with van der Waals surface area (Å²) < 4.78 is 12.4. The van der Waals surface area contributed by atoms with Crippen LogP contribution in [0.3, 0.4) is 0 Å². The fourth-order valence-corrected chi connectivity index (χ4v) is 4.47. The highest BCUT2D eigenvalue weighted by Gasteiger charge is 2.44. The molecule has 3 aliphatic carbocycles. The number of fused-ring (bicyclic) bond motifs is 1. The van der Waals surface area contributed by atoms with Gasteiger partial charge in [-0.05, 0) is 50.4 Å². The summed E-state index contributed by atoms with van der Waals surface area (Å²) in [6, 6.07) is 0.651. The lowest BCUT2D eigenvalue weighted by Crippen LogP contribution is -2.52. The molecule has 0 aromatic rings. The van der Waals surface area contributed by atoms with Gasteiger partial charge in [0.2, 0.25) is 0 Å². The molecule has 1 saturated heterocycles. The van der Waals surface area contributed by atoms with Gasteiger partial charge < -0.3 is 9.47 Å². The Morgan fingerprint density at radius 1 is 0.950 bits per heavy atom. The van der Waals surface area contributed by atoms with Gasteiger partial charge in [-0.3, -0.25) is 4.90 Å². The first-order valence-corrected chi connectivity index (χ1v) is 8.87. The number of hydrogen-bond acceptors (Lipinski definition) is 3. The van der Waals surface area contributed by atoms with E-state index in [2.05, 4.69) is 4.90 Å². The molecule has 3 atom stereocenters. The second-order valence-electron chi connectivity index (χ2n) is 7.44. The van der Waals surface area contributed by atoms with Gasteiger partial charge in [0.05, 0.1) is 18.8 Å². The van der Waals surface area contributed by atoms with Gasteiger partial charge in [-0.1, -0.05) is 12.8 Å². The van der Waals surface area contributed by atoms with E-state index in [9.17, 15) is 0 Å². The Morgan fingerprint density at radius 3 is 2.60 bits per heavy atom. The van der Waals surface area contributed by atoms with Gasteiger partial charge in [0.1, 0.15) is 0 Å². The lowest BCUT2D eigenvalue weighted by molar-refractivity contribution is -0.117. The van der Waals surface area contributed by atoms with Gasteiger partial charge in [-0.25, -0.2) is 0 Å². The van der Waals surface area contributed by atoms with E-state index in [4.69, 9.17) is 9.47 Å². The summed E-state index contributed by atoms with van der Waals surface area (Å²) in [4.78, 5) is 2.71. The summed E-state index contributed by atoms with van der Waals surface area (Å²) in [5, 5.41) is 0. The zero-order valence-corrected chi connectivity index (χ0v) is 12.6. The van der Waals surface area contributed by atoms with E-state index in [0.717, 1.165) is 31.6 Å². The summed E-state index contributed by atoms with van der Waals surface area (Å²) in [6.07, 6.45) is 11.7. The molecule has 3 nitrogen and oxygen atoms in total. The van der Waals surface area contributed by atoms with Crippen molar-refractivity contribution in [3.05, 3.63) is 0 Å². The fourth-order valence-electron chi connectivity index (χ4n) is 4.47. The van der Waals surface area contributed by atoms with Crippen molar-refractivity contribution in [1.29, 1.82) is 0 Å². The smallest absolute Gasteiger partial charge is 0.0991 e. The molecule has 1 heterocycles. The number of rotatable bonds is 5. The normalized spacial score (nSPS) is 39.3. The lowest BCUT2D eigenvalue weighted by Gasteiger charge is -2.39. The van der Waals surface area contributed by atoms with E-state index in [1.54, 1.807) is 0 Å². The highest BCUT2D eigenvalue weighted by molar-refractivity contribution is 4.97. The Hall–Kier alpha value is -0.120. The van der Waals surface area contributed by atoms with Crippen molar-refractivity contribution < 1.29 is 9.47 Å². The highest BCUT2D eigenvalue weighted by Crippen LogP contribution is 2.37. The van der Waals surface area contributed by atoms with Gasteiger partial charge in [-0.2, -0.15) is 0 Å². The number of nitrogens with zero attached hydrogens (tertiary/aromatic N) is 1. The highest BCUT2D eigenvalue weighted by atomic mass is 16.5. The molecule has 0 spiro atoms. The van der Waals surface area contributed by atoms with Crippen LogP contribution < -0.4 is 0 Å². The van der Waals surface area contributed by atoms with E-state index in [-0.39, 0.29) is 0 Å². The Bertz CT molecular complexity index is 325. The van der Waals surface area contributed by atoms with Crippen LogP contribution in [0.5, 0.6) is 0 Å². The molecule has 0 unspecified atom stereocenters. The zero-order chi connectivity index (χ0) is 13.4. The van der Waals surface area contributed by atoms with Gasteiger partial charge in [-0.15, -0.1) is 0 Å². The van der Waals surface area contributed by atoms with Gasteiger partial charge in [0.25, 0.3) is 0 Å². The molecule has 4 rings (SSSR count). The molecule has 1 aliphatic heterocycles. The quantitative estimate of drug-likeness (QED) is 0.772. The molecule has 4 aliphatic rings. The van der Waals surface area contributed by atoms with Crippen LogP contribution in [0.2, 0.25) is 0 Å². The molecule has 3 saturated carbocycles. The largest absolute Gasteiger partial charge is 0.375 e. The average Bonchev–Trinajstić information content (AvgIpc) is 2.98. The third-order valence-corrected chi connectivity index (χ3v) is 5.86. The Morgan fingerprint density at radius 2 is 1.80 bits per heavy atom. The molecule has 0 aromatic carbocycles. The molecule has 0 N–H and O–H groups in total. The summed E-state index contributed by atoms with van der Waals surface area (Å²) in [5.74, 6) is 1.83. The number of ether oxygens (including phenoxy) is 2. The summed E-state index contributed by atoms with van der Waals surface area (Å²) in [7, 11) is 0. The fraction of sp³-hybridized carbons (Fsp3) is 1.00. The maximum Gasteiger partial charge on any atom is 0.0991 e. The lowest BCUT2D eigenvalue weighted by atomic mass is 10.1. The van der Waals surface area contributed by atoms with E-state index in [0.29, 0.717) is 18.2 Å². The van der Waals surface area contributed by atoms with Crippen LogP contribution in [-0.2, 0) is 9.47 Å².